The monoisotopic (exact) mass is 343 g/mol. The van der Waals surface area contributed by atoms with Crippen molar-refractivity contribution in [3.05, 3.63) is 0 Å². The third-order valence-electron chi connectivity index (χ3n) is 8.66. The van der Waals surface area contributed by atoms with Gasteiger partial charge in [0.1, 0.15) is 5.84 Å². The molecule has 3 aliphatic heterocycles. The van der Waals surface area contributed by atoms with Crippen LogP contribution in [0.4, 0.5) is 0 Å². The van der Waals surface area contributed by atoms with Gasteiger partial charge in [-0.2, -0.15) is 0 Å². The average molecular weight is 344 g/mol. The van der Waals surface area contributed by atoms with Crippen molar-refractivity contribution in [1.82, 2.24) is 10.2 Å². The summed E-state index contributed by atoms with van der Waals surface area (Å²) < 4.78 is 0. The molecule has 0 radical (unpaired) electrons. The largest absolute Gasteiger partial charge is 0.369 e. The molecule has 0 aromatic carbocycles. The van der Waals surface area contributed by atoms with Crippen molar-refractivity contribution < 1.29 is 0 Å². The molecular weight excluding hydrogens is 306 g/mol. The van der Waals surface area contributed by atoms with Crippen LogP contribution < -0.4 is 5.32 Å². The second kappa shape index (κ2) is 6.55. The number of piperidine rings is 1. The second-order valence-electron chi connectivity index (χ2n) is 10.0. The van der Waals surface area contributed by atoms with E-state index in [4.69, 9.17) is 4.99 Å². The fourth-order valence-corrected chi connectivity index (χ4v) is 7.11. The van der Waals surface area contributed by atoms with Gasteiger partial charge in [0, 0.05) is 24.0 Å². The van der Waals surface area contributed by atoms with Crippen molar-refractivity contribution in [2.75, 3.05) is 7.05 Å². The fourth-order valence-electron chi connectivity index (χ4n) is 7.11. The summed E-state index contributed by atoms with van der Waals surface area (Å²) >= 11 is 0. The van der Waals surface area contributed by atoms with Gasteiger partial charge in [0.25, 0.3) is 0 Å². The molecular formula is C22H37N3. The van der Waals surface area contributed by atoms with Crippen LogP contribution in [0.1, 0.15) is 77.6 Å². The third-order valence-corrected chi connectivity index (χ3v) is 8.66. The molecule has 25 heavy (non-hydrogen) atoms. The maximum atomic E-state index is 5.32. The first-order valence-electron chi connectivity index (χ1n) is 11.3. The molecule has 0 amide bonds. The normalized spacial score (nSPS) is 50.2. The van der Waals surface area contributed by atoms with E-state index in [0.717, 1.165) is 29.8 Å². The van der Waals surface area contributed by atoms with Crippen LogP contribution in [0.5, 0.6) is 0 Å². The highest BCUT2D eigenvalue weighted by Gasteiger charge is 2.51. The number of nitrogens with one attached hydrogen (secondary N) is 1. The zero-order valence-electron chi connectivity index (χ0n) is 16.3. The highest BCUT2D eigenvalue weighted by atomic mass is 15.2. The third kappa shape index (κ3) is 2.85. The number of hydrogen-bond donors (Lipinski definition) is 1. The maximum Gasteiger partial charge on any atom is 0.102 e. The van der Waals surface area contributed by atoms with Gasteiger partial charge >= 0.3 is 0 Å². The van der Waals surface area contributed by atoms with Crippen LogP contribution in [0, 0.1) is 23.7 Å². The Morgan fingerprint density at radius 3 is 2.56 bits per heavy atom. The summed E-state index contributed by atoms with van der Waals surface area (Å²) in [6.07, 6.45) is 15.6. The summed E-state index contributed by atoms with van der Waals surface area (Å²) in [5.41, 5.74) is 0. The van der Waals surface area contributed by atoms with Gasteiger partial charge < -0.3 is 5.32 Å². The molecule has 2 aliphatic carbocycles. The number of rotatable bonds is 2. The molecule has 2 bridgehead atoms. The molecule has 3 unspecified atom stereocenters. The summed E-state index contributed by atoms with van der Waals surface area (Å²) in [5.74, 6) is 4.96. The van der Waals surface area contributed by atoms with E-state index in [1.54, 1.807) is 0 Å². The van der Waals surface area contributed by atoms with Crippen LogP contribution in [0.15, 0.2) is 4.99 Å². The Morgan fingerprint density at radius 2 is 1.76 bits per heavy atom. The van der Waals surface area contributed by atoms with Gasteiger partial charge in [-0.1, -0.05) is 32.6 Å². The van der Waals surface area contributed by atoms with E-state index >= 15 is 0 Å². The Hall–Kier alpha value is -0.570. The first-order chi connectivity index (χ1) is 12.2. The molecule has 0 spiro atoms. The van der Waals surface area contributed by atoms with E-state index in [2.05, 4.69) is 24.2 Å². The van der Waals surface area contributed by atoms with E-state index in [-0.39, 0.29) is 0 Å². The van der Waals surface area contributed by atoms with Gasteiger partial charge in [-0.3, -0.25) is 9.89 Å². The molecule has 2 saturated heterocycles. The minimum atomic E-state index is 0.597. The smallest absolute Gasteiger partial charge is 0.102 e. The molecule has 3 heterocycles. The summed E-state index contributed by atoms with van der Waals surface area (Å²) in [5, 5.41) is 3.97. The van der Waals surface area contributed by atoms with Crippen molar-refractivity contribution >= 4 is 5.84 Å². The number of hydrogen-bond acceptors (Lipinski definition) is 3. The molecule has 1 N–H and O–H groups in total. The zero-order chi connectivity index (χ0) is 17.0. The predicted octanol–water partition coefficient (Wildman–Crippen LogP) is 4.22. The lowest BCUT2D eigenvalue weighted by Gasteiger charge is -2.47. The molecule has 0 aromatic rings. The minimum Gasteiger partial charge on any atom is -0.369 e. The first-order valence-corrected chi connectivity index (χ1v) is 11.3. The molecule has 3 nitrogen and oxygen atoms in total. The van der Waals surface area contributed by atoms with Crippen LogP contribution in [0.25, 0.3) is 0 Å². The summed E-state index contributed by atoms with van der Waals surface area (Å²) in [4.78, 5) is 8.06. The van der Waals surface area contributed by atoms with E-state index < -0.39 is 0 Å². The van der Waals surface area contributed by atoms with Crippen LogP contribution in [0.3, 0.4) is 0 Å². The summed E-state index contributed by atoms with van der Waals surface area (Å²) in [6, 6.07) is 2.88. The highest BCUT2D eigenvalue weighted by Crippen LogP contribution is 2.49. The lowest BCUT2D eigenvalue weighted by Crippen LogP contribution is -2.54. The van der Waals surface area contributed by atoms with Gasteiger partial charge in [-0.05, 0) is 69.7 Å². The van der Waals surface area contributed by atoms with E-state index in [1.165, 1.54) is 76.5 Å². The zero-order valence-corrected chi connectivity index (χ0v) is 16.3. The molecule has 0 aromatic heterocycles. The minimum absolute atomic E-state index is 0.597. The SMILES string of the molecule is CC1CCC([C@H]2C[C@H]3CCC([C@H]2C2=NC4CCCCC4N2)N3C)CC1. The Balaban J connectivity index is 1.41. The molecule has 4 fully saturated rings. The van der Waals surface area contributed by atoms with Gasteiger partial charge in [-0.15, -0.1) is 0 Å². The lowest BCUT2D eigenvalue weighted by atomic mass is 9.66. The fraction of sp³-hybridized carbons (Fsp3) is 0.955. The van der Waals surface area contributed by atoms with Crippen molar-refractivity contribution in [3.8, 4) is 0 Å². The Labute approximate surface area is 154 Å². The number of amidine groups is 1. The van der Waals surface area contributed by atoms with Crippen molar-refractivity contribution in [3.63, 3.8) is 0 Å². The Bertz CT molecular complexity index is 521. The van der Waals surface area contributed by atoms with E-state index in [9.17, 15) is 0 Å². The first kappa shape index (κ1) is 16.6. The average Bonchev–Trinajstić information content (AvgIpc) is 3.14. The Morgan fingerprint density at radius 1 is 0.960 bits per heavy atom. The van der Waals surface area contributed by atoms with Crippen LogP contribution in [-0.4, -0.2) is 42.0 Å². The van der Waals surface area contributed by atoms with Crippen molar-refractivity contribution in [2.24, 2.45) is 28.7 Å². The summed E-state index contributed by atoms with van der Waals surface area (Å²) in [6.45, 7) is 2.46. The lowest BCUT2D eigenvalue weighted by molar-refractivity contribution is 0.0514. The highest BCUT2D eigenvalue weighted by molar-refractivity contribution is 5.88. The van der Waals surface area contributed by atoms with Gasteiger partial charge in [0.05, 0.1) is 6.04 Å². The number of nitrogens with zero attached hydrogens (tertiary/aromatic N) is 2. The van der Waals surface area contributed by atoms with Crippen molar-refractivity contribution in [1.29, 1.82) is 0 Å². The number of fused-ring (bicyclic) bond motifs is 3. The standard InChI is InChI=1S/C22H37N3/c1-14-7-9-15(10-8-14)17-13-16-11-12-20(25(16)2)21(17)22-23-18-5-3-4-6-19(18)24-22/h14-21H,3-13H2,1-2H3,(H,23,24)/t14?,15?,16-,17-,18?,19?,20?,21+/m1/s1. The molecule has 3 heteroatoms. The molecule has 5 aliphatic rings. The topological polar surface area (TPSA) is 27.6 Å². The quantitative estimate of drug-likeness (QED) is 0.813. The summed E-state index contributed by atoms with van der Waals surface area (Å²) in [7, 11) is 2.40. The predicted molar refractivity (Wildman–Crippen MR) is 104 cm³/mol. The Kier molecular flexibility index (Phi) is 4.35. The van der Waals surface area contributed by atoms with Crippen LogP contribution >= 0.6 is 0 Å². The van der Waals surface area contributed by atoms with Gasteiger partial charge in [0.2, 0.25) is 0 Å². The van der Waals surface area contributed by atoms with Gasteiger partial charge in [0.15, 0.2) is 0 Å². The molecule has 140 valence electrons. The van der Waals surface area contributed by atoms with Crippen LogP contribution in [-0.2, 0) is 0 Å². The maximum absolute atomic E-state index is 5.32. The van der Waals surface area contributed by atoms with Crippen molar-refractivity contribution in [2.45, 2.75) is 102 Å². The van der Waals surface area contributed by atoms with E-state index in [0.29, 0.717) is 18.0 Å². The van der Waals surface area contributed by atoms with Crippen LogP contribution in [0.2, 0.25) is 0 Å². The molecule has 6 atom stereocenters. The number of aliphatic imine (C=N–C) groups is 1. The van der Waals surface area contributed by atoms with Gasteiger partial charge in [-0.25, -0.2) is 0 Å². The molecule has 5 rings (SSSR count). The molecule has 2 saturated carbocycles. The second-order valence-corrected chi connectivity index (χ2v) is 10.0. The van der Waals surface area contributed by atoms with E-state index in [1.807, 2.05) is 0 Å².